The summed E-state index contributed by atoms with van der Waals surface area (Å²) in [7, 11) is 0. The van der Waals surface area contributed by atoms with Gasteiger partial charge in [-0.25, -0.2) is 18.3 Å². The largest absolute Gasteiger partial charge is 0.481 e. The molecule has 0 spiro atoms. The van der Waals surface area contributed by atoms with Crippen molar-refractivity contribution in [3.8, 4) is 11.1 Å². The molecule has 9 heteroatoms. The van der Waals surface area contributed by atoms with Crippen LogP contribution in [-0.4, -0.2) is 31.6 Å². The number of hydrogen-bond donors (Lipinski definition) is 2. The summed E-state index contributed by atoms with van der Waals surface area (Å²) in [5, 5.41) is 16.1. The minimum Gasteiger partial charge on any atom is -0.481 e. The van der Waals surface area contributed by atoms with Crippen LogP contribution >= 0.6 is 0 Å². The smallest absolute Gasteiger partial charge is 0.305 e. The second-order valence-corrected chi connectivity index (χ2v) is 8.31. The van der Waals surface area contributed by atoms with E-state index in [-0.39, 0.29) is 17.9 Å². The van der Waals surface area contributed by atoms with Gasteiger partial charge < -0.3 is 10.4 Å². The van der Waals surface area contributed by atoms with Gasteiger partial charge in [-0.15, -0.1) is 0 Å². The number of rotatable bonds is 8. The number of nitrogens with zero attached hydrogens (tertiary/aromatic N) is 3. The van der Waals surface area contributed by atoms with Crippen LogP contribution in [-0.2, 0) is 9.59 Å². The zero-order valence-corrected chi connectivity index (χ0v) is 18.4. The first-order valence-electron chi connectivity index (χ1n) is 10.4. The molecule has 2 aromatic heterocycles. The summed E-state index contributed by atoms with van der Waals surface area (Å²) in [5.74, 6) is -3.20. The lowest BCUT2D eigenvalue weighted by atomic mass is 9.95. The molecule has 0 unspecified atom stereocenters. The van der Waals surface area contributed by atoms with Crippen molar-refractivity contribution in [2.45, 2.75) is 53.0 Å². The van der Waals surface area contributed by atoms with Crippen LogP contribution < -0.4 is 5.32 Å². The van der Waals surface area contributed by atoms with Crippen LogP contribution in [0.4, 0.5) is 8.78 Å². The van der Waals surface area contributed by atoms with Crippen molar-refractivity contribution >= 4 is 17.5 Å². The van der Waals surface area contributed by atoms with Gasteiger partial charge in [-0.05, 0) is 55.5 Å². The molecule has 1 atom stereocenters. The first-order chi connectivity index (χ1) is 15.1. The molecule has 1 aromatic carbocycles. The van der Waals surface area contributed by atoms with E-state index < -0.39 is 36.0 Å². The van der Waals surface area contributed by atoms with Crippen molar-refractivity contribution in [2.75, 3.05) is 0 Å². The number of hydrogen-bond acceptors (Lipinski definition) is 4. The van der Waals surface area contributed by atoms with Crippen molar-refractivity contribution in [3.05, 3.63) is 53.0 Å². The van der Waals surface area contributed by atoms with Crippen LogP contribution in [0.15, 0.2) is 24.4 Å². The third-order valence-electron chi connectivity index (χ3n) is 5.20. The maximum Gasteiger partial charge on any atom is 0.305 e. The maximum atomic E-state index is 14.8. The minimum absolute atomic E-state index is 0.162. The molecule has 3 aromatic rings. The Hall–Kier alpha value is -3.36. The number of aryl methyl sites for hydroxylation is 2. The molecule has 0 aliphatic rings. The highest BCUT2D eigenvalue weighted by Gasteiger charge is 2.25. The summed E-state index contributed by atoms with van der Waals surface area (Å²) < 4.78 is 31.0. The van der Waals surface area contributed by atoms with Gasteiger partial charge in [0.05, 0.1) is 12.5 Å². The van der Waals surface area contributed by atoms with E-state index in [1.165, 1.54) is 6.07 Å². The van der Waals surface area contributed by atoms with Gasteiger partial charge in [-0.3, -0.25) is 9.59 Å². The number of aromatic nitrogens is 3. The molecule has 1 amide bonds. The topological polar surface area (TPSA) is 96.6 Å². The number of amides is 1. The molecule has 2 N–H and O–H groups in total. The molecule has 7 nitrogen and oxygen atoms in total. The van der Waals surface area contributed by atoms with Crippen LogP contribution in [0.1, 0.15) is 56.1 Å². The number of carbonyl (C=O) groups is 2. The fourth-order valence-corrected chi connectivity index (χ4v) is 3.61. The average molecular weight is 444 g/mol. The number of benzene rings is 1. The molecule has 0 radical (unpaired) electrons. The number of pyridine rings is 1. The van der Waals surface area contributed by atoms with Gasteiger partial charge in [-0.1, -0.05) is 13.8 Å². The van der Waals surface area contributed by atoms with E-state index in [0.29, 0.717) is 29.0 Å². The first kappa shape index (κ1) is 23.3. The molecule has 0 aliphatic heterocycles. The van der Waals surface area contributed by atoms with Crippen LogP contribution in [0, 0.1) is 31.4 Å². The Morgan fingerprint density at radius 3 is 2.59 bits per heavy atom. The van der Waals surface area contributed by atoms with Crippen LogP contribution in [0.25, 0.3) is 16.8 Å². The Morgan fingerprint density at radius 1 is 1.22 bits per heavy atom. The second-order valence-electron chi connectivity index (χ2n) is 8.31. The minimum atomic E-state index is -1.24. The first-order valence-corrected chi connectivity index (χ1v) is 10.4. The van der Waals surface area contributed by atoms with Crippen LogP contribution in [0.2, 0.25) is 0 Å². The molecule has 0 aliphatic carbocycles. The summed E-state index contributed by atoms with van der Waals surface area (Å²) >= 11 is 0. The van der Waals surface area contributed by atoms with Gasteiger partial charge in [-0.2, -0.15) is 5.10 Å². The summed E-state index contributed by atoms with van der Waals surface area (Å²) in [6.07, 6.45) is 1.89. The number of aliphatic carboxylic acids is 1. The third kappa shape index (κ3) is 5.09. The monoisotopic (exact) mass is 444 g/mol. The second kappa shape index (κ2) is 9.42. The number of halogens is 2. The lowest BCUT2D eigenvalue weighted by molar-refractivity contribution is -0.137. The van der Waals surface area contributed by atoms with Gasteiger partial charge in [0.2, 0.25) is 5.91 Å². The third-order valence-corrected chi connectivity index (χ3v) is 5.20. The van der Waals surface area contributed by atoms with Crippen LogP contribution in [0.3, 0.4) is 0 Å². The number of fused-ring (bicyclic) bond motifs is 1. The van der Waals surface area contributed by atoms with Crippen molar-refractivity contribution in [1.82, 2.24) is 19.9 Å². The van der Waals surface area contributed by atoms with E-state index in [2.05, 4.69) is 15.4 Å². The fraction of sp³-hybridized carbons (Fsp3) is 0.391. The molecule has 32 heavy (non-hydrogen) atoms. The molecule has 2 heterocycles. The fourth-order valence-electron chi connectivity index (χ4n) is 3.61. The molecule has 0 bridgehead atoms. The van der Waals surface area contributed by atoms with Crippen LogP contribution in [0.5, 0.6) is 0 Å². The van der Waals surface area contributed by atoms with Crippen molar-refractivity contribution < 1.29 is 23.5 Å². The SMILES string of the molecule is Cc1nc2c(-c3cc(F)c(F)c([C@H](CC(=O)O)NC(=O)CCC(C)C)c3)c(C)ccn2n1. The average Bonchev–Trinajstić information content (AvgIpc) is 3.07. The Labute approximate surface area is 184 Å². The van der Waals surface area contributed by atoms with E-state index in [0.717, 1.165) is 11.6 Å². The molecular formula is C23H26F2N4O3. The molecule has 170 valence electrons. The van der Waals surface area contributed by atoms with Crippen molar-refractivity contribution in [3.63, 3.8) is 0 Å². The normalized spacial score (nSPS) is 12.3. The Kier molecular flexibility index (Phi) is 6.86. The summed E-state index contributed by atoms with van der Waals surface area (Å²) in [6, 6.07) is 2.98. The number of carboxylic acids is 1. The summed E-state index contributed by atoms with van der Waals surface area (Å²) in [5.41, 5.74) is 1.88. The maximum absolute atomic E-state index is 14.8. The highest BCUT2D eigenvalue weighted by atomic mass is 19.2. The molecular weight excluding hydrogens is 418 g/mol. The summed E-state index contributed by atoms with van der Waals surface area (Å²) in [6.45, 7) is 7.44. The van der Waals surface area contributed by atoms with E-state index in [1.807, 2.05) is 20.8 Å². The molecule has 0 saturated carbocycles. The highest BCUT2D eigenvalue weighted by molar-refractivity contribution is 5.81. The predicted octanol–water partition coefficient (Wildman–Crippen LogP) is 4.36. The Morgan fingerprint density at radius 2 is 1.94 bits per heavy atom. The number of carbonyl (C=O) groups excluding carboxylic acids is 1. The quantitative estimate of drug-likeness (QED) is 0.538. The van der Waals surface area contributed by atoms with Gasteiger partial charge >= 0.3 is 5.97 Å². The van der Waals surface area contributed by atoms with Gasteiger partial charge in [0, 0.05) is 23.7 Å². The van der Waals surface area contributed by atoms with Crippen molar-refractivity contribution in [2.24, 2.45) is 5.92 Å². The summed E-state index contributed by atoms with van der Waals surface area (Å²) in [4.78, 5) is 28.2. The van der Waals surface area contributed by atoms with E-state index in [4.69, 9.17) is 0 Å². The number of carboxylic acid groups (broad SMARTS) is 1. The Bertz CT molecular complexity index is 1170. The lowest BCUT2D eigenvalue weighted by Gasteiger charge is -2.20. The van der Waals surface area contributed by atoms with Gasteiger partial charge in [0.25, 0.3) is 0 Å². The number of nitrogens with one attached hydrogen (secondary N) is 1. The van der Waals surface area contributed by atoms with Crippen molar-refractivity contribution in [1.29, 1.82) is 0 Å². The highest BCUT2D eigenvalue weighted by Crippen LogP contribution is 2.33. The Balaban J connectivity index is 2.09. The van der Waals surface area contributed by atoms with E-state index in [9.17, 15) is 23.5 Å². The predicted molar refractivity (Wildman–Crippen MR) is 115 cm³/mol. The molecule has 0 fully saturated rings. The standard InChI is InChI=1S/C23H26F2N4O3/c1-12(2)5-6-19(30)27-18(11-20(31)32)16-9-15(10-17(24)22(16)25)21-13(3)7-8-29-23(21)26-14(4)28-29/h7-10,12,18H,5-6,11H2,1-4H3,(H,27,30)(H,31,32)/t18-/m0/s1. The van der Waals surface area contributed by atoms with E-state index >= 15 is 0 Å². The lowest BCUT2D eigenvalue weighted by Crippen LogP contribution is -2.31. The zero-order valence-electron chi connectivity index (χ0n) is 18.4. The molecule has 3 rings (SSSR count). The van der Waals surface area contributed by atoms with Gasteiger partial charge in [0.1, 0.15) is 5.82 Å². The van der Waals surface area contributed by atoms with Gasteiger partial charge in [0.15, 0.2) is 17.3 Å². The molecule has 0 saturated heterocycles. The van der Waals surface area contributed by atoms with E-state index in [1.54, 1.807) is 23.7 Å². The zero-order chi connectivity index (χ0) is 23.6.